The molecule has 0 aliphatic heterocycles. The first-order valence-corrected chi connectivity index (χ1v) is 2.30. The van der Waals surface area contributed by atoms with E-state index < -0.39 is 0 Å². The lowest BCUT2D eigenvalue weighted by Gasteiger charge is -1.96. The normalized spacial score (nSPS) is 9.33. The Morgan fingerprint density at radius 1 is 1.67 bits per heavy atom. The van der Waals surface area contributed by atoms with E-state index >= 15 is 0 Å². The van der Waals surface area contributed by atoms with Gasteiger partial charge in [-0.3, -0.25) is 4.79 Å². The summed E-state index contributed by atoms with van der Waals surface area (Å²) in [5.41, 5.74) is 9.92. The summed E-state index contributed by atoms with van der Waals surface area (Å²) >= 11 is 0. The molecule has 0 aliphatic rings. The minimum absolute atomic E-state index is 0.109. The monoisotopic (exact) mass is 127 g/mol. The van der Waals surface area contributed by atoms with Crippen molar-refractivity contribution in [2.75, 3.05) is 0 Å². The van der Waals surface area contributed by atoms with E-state index in [1.807, 2.05) is 0 Å². The van der Waals surface area contributed by atoms with Gasteiger partial charge in [0, 0.05) is 6.08 Å². The maximum absolute atomic E-state index is 10.4. The molecule has 0 aromatic heterocycles. The molecule has 0 aromatic carbocycles. The highest BCUT2D eigenvalue weighted by atomic mass is 16.1. The van der Waals surface area contributed by atoms with Crippen molar-refractivity contribution in [2.45, 2.75) is 0 Å². The molecule has 0 bridgehead atoms. The Balaban J connectivity index is 3.64. The van der Waals surface area contributed by atoms with Gasteiger partial charge in [0.25, 0.3) is 5.91 Å². The van der Waals surface area contributed by atoms with Crippen molar-refractivity contribution < 1.29 is 4.79 Å². The highest BCUT2D eigenvalue weighted by molar-refractivity contribution is 5.88. The van der Waals surface area contributed by atoms with Gasteiger partial charge in [0.15, 0.2) is 0 Å². The predicted octanol–water partition coefficient (Wildman–Crippen LogP) is -0.995. The zero-order valence-electron chi connectivity index (χ0n) is 4.92. The highest BCUT2D eigenvalue weighted by Gasteiger charge is 1.90. The van der Waals surface area contributed by atoms with E-state index in [9.17, 15) is 4.79 Å². The third-order valence-electron chi connectivity index (χ3n) is 0.531. The number of hydrogen-bond donors (Lipinski definition) is 3. The zero-order valence-corrected chi connectivity index (χ0v) is 4.92. The molecule has 0 aliphatic carbocycles. The minimum Gasteiger partial charge on any atom is -0.404 e. The first kappa shape index (κ1) is 7.55. The van der Waals surface area contributed by atoms with Gasteiger partial charge >= 0.3 is 0 Å². The Kier molecular flexibility index (Phi) is 2.97. The molecule has 1 amide bonds. The number of hydrogen-bond acceptors (Lipinski definition) is 3. The maximum atomic E-state index is 10.4. The van der Waals surface area contributed by atoms with Gasteiger partial charge in [-0.2, -0.15) is 0 Å². The summed E-state index contributed by atoms with van der Waals surface area (Å²) in [4.78, 5) is 10.4. The number of carbonyl (C=O) groups is 1. The average molecular weight is 127 g/mol. The van der Waals surface area contributed by atoms with Crippen molar-refractivity contribution >= 4 is 5.91 Å². The van der Waals surface area contributed by atoms with Crippen LogP contribution in [-0.4, -0.2) is 5.91 Å². The number of amides is 1. The van der Waals surface area contributed by atoms with Gasteiger partial charge in [-0.05, 0) is 6.20 Å². The molecule has 0 fully saturated rings. The smallest absolute Gasteiger partial charge is 0.250 e. The van der Waals surface area contributed by atoms with Crippen LogP contribution in [0.2, 0.25) is 0 Å². The van der Waals surface area contributed by atoms with Crippen LogP contribution in [-0.2, 0) is 4.79 Å². The molecular formula is C5H9N3O. The molecule has 0 saturated carbocycles. The number of nitrogens with two attached hydrogens (primary N) is 2. The van der Waals surface area contributed by atoms with Crippen molar-refractivity contribution in [1.82, 2.24) is 5.32 Å². The second kappa shape index (κ2) is 3.54. The molecule has 0 atom stereocenters. The first-order chi connectivity index (χ1) is 4.16. The van der Waals surface area contributed by atoms with Crippen LogP contribution in [0.15, 0.2) is 24.7 Å². The summed E-state index contributed by atoms with van der Waals surface area (Å²) in [5, 5.41) is 2.22. The van der Waals surface area contributed by atoms with Crippen LogP contribution in [0.1, 0.15) is 0 Å². The van der Waals surface area contributed by atoms with Gasteiger partial charge in [0.1, 0.15) is 0 Å². The quantitative estimate of drug-likeness (QED) is 0.416. The van der Waals surface area contributed by atoms with Gasteiger partial charge in [-0.25, -0.2) is 0 Å². The van der Waals surface area contributed by atoms with E-state index in [0.717, 1.165) is 12.3 Å². The minimum atomic E-state index is -0.370. The number of nitrogens with one attached hydrogen (secondary N) is 1. The van der Waals surface area contributed by atoms with Gasteiger partial charge < -0.3 is 16.8 Å². The second-order valence-electron chi connectivity index (χ2n) is 1.37. The van der Waals surface area contributed by atoms with Crippen LogP contribution in [0.5, 0.6) is 0 Å². The van der Waals surface area contributed by atoms with E-state index in [-0.39, 0.29) is 11.7 Å². The van der Waals surface area contributed by atoms with Crippen LogP contribution in [0.3, 0.4) is 0 Å². The molecule has 0 heterocycles. The standard InChI is InChI=1S/C5H9N3O/c1-4(7)8-5(9)2-3-6/h2-3H,1,6-7H2,(H,8,9)/b3-2-. The maximum Gasteiger partial charge on any atom is 0.250 e. The van der Waals surface area contributed by atoms with E-state index in [1.165, 1.54) is 0 Å². The molecule has 50 valence electrons. The van der Waals surface area contributed by atoms with Gasteiger partial charge in [-0.15, -0.1) is 0 Å². The lowest BCUT2D eigenvalue weighted by Crippen LogP contribution is -2.24. The van der Waals surface area contributed by atoms with E-state index in [1.54, 1.807) is 0 Å². The lowest BCUT2D eigenvalue weighted by atomic mass is 10.5. The van der Waals surface area contributed by atoms with Crippen molar-refractivity contribution in [3.8, 4) is 0 Å². The summed E-state index contributed by atoms with van der Waals surface area (Å²) < 4.78 is 0. The number of rotatable bonds is 2. The van der Waals surface area contributed by atoms with Crippen LogP contribution < -0.4 is 16.8 Å². The Labute approximate surface area is 53.2 Å². The van der Waals surface area contributed by atoms with Gasteiger partial charge in [0.2, 0.25) is 0 Å². The molecular weight excluding hydrogens is 118 g/mol. The zero-order chi connectivity index (χ0) is 7.28. The molecule has 4 heteroatoms. The molecule has 0 radical (unpaired) electrons. The van der Waals surface area contributed by atoms with E-state index in [0.29, 0.717) is 0 Å². The van der Waals surface area contributed by atoms with Crippen LogP contribution in [0.4, 0.5) is 0 Å². The fraction of sp³-hybridized carbons (Fsp3) is 0. The van der Waals surface area contributed by atoms with Crippen molar-refractivity contribution in [3.05, 3.63) is 24.7 Å². The van der Waals surface area contributed by atoms with Gasteiger partial charge in [0.05, 0.1) is 5.82 Å². The fourth-order valence-electron chi connectivity index (χ4n) is 0.287. The molecule has 4 nitrogen and oxygen atoms in total. The molecule has 0 saturated heterocycles. The largest absolute Gasteiger partial charge is 0.404 e. The Morgan fingerprint density at radius 3 is 2.56 bits per heavy atom. The van der Waals surface area contributed by atoms with E-state index in [2.05, 4.69) is 11.9 Å². The molecule has 5 N–H and O–H groups in total. The predicted molar refractivity (Wildman–Crippen MR) is 34.8 cm³/mol. The summed E-state index contributed by atoms with van der Waals surface area (Å²) in [6, 6.07) is 0. The Bertz CT molecular complexity index is 150. The Morgan fingerprint density at radius 2 is 2.22 bits per heavy atom. The fourth-order valence-corrected chi connectivity index (χ4v) is 0.287. The SMILES string of the molecule is C=C(N)NC(=O)/C=C\N. The Hall–Kier alpha value is -1.45. The molecule has 0 unspecified atom stereocenters. The summed E-state index contributed by atoms with van der Waals surface area (Å²) in [5.74, 6) is -0.261. The van der Waals surface area contributed by atoms with Crippen LogP contribution in [0, 0.1) is 0 Å². The summed E-state index contributed by atoms with van der Waals surface area (Å²) in [6.07, 6.45) is 2.27. The molecule has 0 spiro atoms. The number of carbonyl (C=O) groups excluding carboxylic acids is 1. The third-order valence-corrected chi connectivity index (χ3v) is 0.531. The lowest BCUT2D eigenvalue weighted by molar-refractivity contribution is -0.115. The van der Waals surface area contributed by atoms with E-state index in [4.69, 9.17) is 11.5 Å². The van der Waals surface area contributed by atoms with Crippen LogP contribution >= 0.6 is 0 Å². The van der Waals surface area contributed by atoms with Crippen LogP contribution in [0.25, 0.3) is 0 Å². The van der Waals surface area contributed by atoms with Crippen molar-refractivity contribution in [2.24, 2.45) is 11.5 Å². The van der Waals surface area contributed by atoms with Crippen molar-refractivity contribution in [1.29, 1.82) is 0 Å². The third kappa shape index (κ3) is 4.40. The molecule has 0 rings (SSSR count). The van der Waals surface area contributed by atoms with Gasteiger partial charge in [-0.1, -0.05) is 6.58 Å². The summed E-state index contributed by atoms with van der Waals surface area (Å²) in [7, 11) is 0. The molecule has 0 aromatic rings. The van der Waals surface area contributed by atoms with Crippen molar-refractivity contribution in [3.63, 3.8) is 0 Å². The molecule has 9 heavy (non-hydrogen) atoms. The summed E-state index contributed by atoms with van der Waals surface area (Å²) in [6.45, 7) is 3.25. The average Bonchev–Trinajstić information content (AvgIpc) is 1.63. The second-order valence-corrected chi connectivity index (χ2v) is 1.37. The topological polar surface area (TPSA) is 81.1 Å². The first-order valence-electron chi connectivity index (χ1n) is 2.30. The highest BCUT2D eigenvalue weighted by Crippen LogP contribution is 1.70.